The standard InChI is InChI=1S/C18H15ClFN3OS/c1-2-10-3-5-11(6-4-10)15(24)16-17(21)23-18(25-16)22-12-7-8-14(20)13(19)9-12/h3-9H,2,21H2,1H3,(H,22,23). The molecule has 0 fully saturated rings. The second-order valence-corrected chi connectivity index (χ2v) is 6.77. The summed E-state index contributed by atoms with van der Waals surface area (Å²) in [4.78, 5) is 17.2. The van der Waals surface area contributed by atoms with E-state index in [1.807, 2.05) is 12.1 Å². The van der Waals surface area contributed by atoms with Crippen LogP contribution in [-0.2, 0) is 6.42 Å². The second kappa shape index (κ2) is 7.21. The van der Waals surface area contributed by atoms with Crippen molar-refractivity contribution in [3.05, 3.63) is 69.3 Å². The molecule has 0 saturated carbocycles. The number of benzene rings is 2. The largest absolute Gasteiger partial charge is 0.382 e. The number of hydrogen-bond acceptors (Lipinski definition) is 5. The van der Waals surface area contributed by atoms with Gasteiger partial charge in [0.2, 0.25) is 5.78 Å². The smallest absolute Gasteiger partial charge is 0.206 e. The maximum Gasteiger partial charge on any atom is 0.206 e. The van der Waals surface area contributed by atoms with Crippen LogP contribution in [0.2, 0.25) is 5.02 Å². The molecule has 4 nitrogen and oxygen atoms in total. The Bertz CT molecular complexity index is 925. The molecule has 0 atom stereocenters. The molecule has 0 saturated heterocycles. The number of carbonyl (C=O) groups is 1. The summed E-state index contributed by atoms with van der Waals surface area (Å²) < 4.78 is 13.2. The van der Waals surface area contributed by atoms with Gasteiger partial charge in [0.25, 0.3) is 0 Å². The Kier molecular flexibility index (Phi) is 5.01. The minimum atomic E-state index is -0.503. The third-order valence-electron chi connectivity index (χ3n) is 3.65. The van der Waals surface area contributed by atoms with Crippen LogP contribution in [0.1, 0.15) is 27.7 Å². The van der Waals surface area contributed by atoms with Crippen molar-refractivity contribution in [2.75, 3.05) is 11.1 Å². The molecule has 0 aliphatic carbocycles. The summed E-state index contributed by atoms with van der Waals surface area (Å²) in [5.41, 5.74) is 8.17. The van der Waals surface area contributed by atoms with Crippen LogP contribution in [0.4, 0.5) is 21.0 Å². The highest BCUT2D eigenvalue weighted by molar-refractivity contribution is 7.18. The first-order chi connectivity index (χ1) is 12.0. The van der Waals surface area contributed by atoms with E-state index in [1.54, 1.807) is 12.1 Å². The topological polar surface area (TPSA) is 68.0 Å². The van der Waals surface area contributed by atoms with E-state index in [1.165, 1.54) is 18.2 Å². The first-order valence-corrected chi connectivity index (χ1v) is 8.79. The number of aromatic nitrogens is 1. The summed E-state index contributed by atoms with van der Waals surface area (Å²) in [6.07, 6.45) is 0.908. The lowest BCUT2D eigenvalue weighted by atomic mass is 10.1. The van der Waals surface area contributed by atoms with Crippen LogP contribution in [0, 0.1) is 5.82 Å². The van der Waals surface area contributed by atoms with Crippen LogP contribution >= 0.6 is 22.9 Å². The van der Waals surface area contributed by atoms with Gasteiger partial charge in [0.05, 0.1) is 5.02 Å². The van der Waals surface area contributed by atoms with Crippen LogP contribution in [0.3, 0.4) is 0 Å². The molecule has 3 rings (SSSR count). The summed E-state index contributed by atoms with van der Waals surface area (Å²) >= 11 is 6.90. The van der Waals surface area contributed by atoms with Gasteiger partial charge in [-0.05, 0) is 30.2 Å². The molecule has 0 unspecified atom stereocenters. The third kappa shape index (κ3) is 3.81. The molecule has 0 aliphatic rings. The Hall–Kier alpha value is -2.44. The number of nitrogen functional groups attached to an aromatic ring is 1. The summed E-state index contributed by atoms with van der Waals surface area (Å²) in [6.45, 7) is 2.05. The number of nitrogens with two attached hydrogens (primary N) is 1. The number of halogens is 2. The van der Waals surface area contributed by atoms with E-state index in [2.05, 4.69) is 17.2 Å². The number of carbonyl (C=O) groups excluding carboxylic acids is 1. The highest BCUT2D eigenvalue weighted by atomic mass is 35.5. The Morgan fingerprint density at radius 3 is 2.64 bits per heavy atom. The van der Waals surface area contributed by atoms with Crippen molar-refractivity contribution in [2.45, 2.75) is 13.3 Å². The SMILES string of the molecule is CCc1ccc(C(=O)c2sc(Nc3ccc(F)c(Cl)c3)nc2N)cc1. The fourth-order valence-electron chi connectivity index (χ4n) is 2.27. The monoisotopic (exact) mass is 375 g/mol. The Morgan fingerprint density at radius 2 is 2.00 bits per heavy atom. The van der Waals surface area contributed by atoms with Crippen molar-refractivity contribution >= 4 is 45.4 Å². The summed E-state index contributed by atoms with van der Waals surface area (Å²) in [6, 6.07) is 11.6. The third-order valence-corrected chi connectivity index (χ3v) is 4.93. The van der Waals surface area contributed by atoms with Crippen molar-refractivity contribution in [1.29, 1.82) is 0 Å². The number of aryl methyl sites for hydroxylation is 1. The van der Waals surface area contributed by atoms with Gasteiger partial charge in [-0.25, -0.2) is 9.37 Å². The maximum atomic E-state index is 13.2. The van der Waals surface area contributed by atoms with E-state index in [9.17, 15) is 9.18 Å². The zero-order valence-electron chi connectivity index (χ0n) is 13.3. The van der Waals surface area contributed by atoms with E-state index in [0.717, 1.165) is 23.3 Å². The van der Waals surface area contributed by atoms with Crippen LogP contribution in [0.25, 0.3) is 0 Å². The molecule has 25 heavy (non-hydrogen) atoms. The van der Waals surface area contributed by atoms with Crippen LogP contribution in [-0.4, -0.2) is 10.8 Å². The molecule has 0 radical (unpaired) electrons. The van der Waals surface area contributed by atoms with Crippen LogP contribution < -0.4 is 11.1 Å². The quantitative estimate of drug-likeness (QED) is 0.612. The van der Waals surface area contributed by atoms with E-state index >= 15 is 0 Å². The van der Waals surface area contributed by atoms with Gasteiger partial charge in [-0.3, -0.25) is 4.79 Å². The highest BCUT2D eigenvalue weighted by Gasteiger charge is 2.18. The molecule has 1 aromatic heterocycles. The minimum Gasteiger partial charge on any atom is -0.382 e. The lowest BCUT2D eigenvalue weighted by molar-refractivity contribution is 0.104. The molecule has 3 N–H and O–H groups in total. The Morgan fingerprint density at radius 1 is 1.28 bits per heavy atom. The van der Waals surface area contributed by atoms with Crippen LogP contribution in [0.15, 0.2) is 42.5 Å². The molecule has 3 aromatic rings. The highest BCUT2D eigenvalue weighted by Crippen LogP contribution is 2.30. The molecular weight excluding hydrogens is 361 g/mol. The van der Waals surface area contributed by atoms with E-state index in [-0.39, 0.29) is 16.6 Å². The van der Waals surface area contributed by atoms with Crippen molar-refractivity contribution in [3.63, 3.8) is 0 Å². The van der Waals surface area contributed by atoms with E-state index in [0.29, 0.717) is 21.3 Å². The molecule has 128 valence electrons. The first-order valence-electron chi connectivity index (χ1n) is 7.60. The Labute approximate surface area is 153 Å². The predicted octanol–water partition coefficient (Wildman–Crippen LogP) is 5.05. The zero-order chi connectivity index (χ0) is 18.0. The van der Waals surface area contributed by atoms with Crippen molar-refractivity contribution < 1.29 is 9.18 Å². The number of thiazole rings is 1. The fraction of sp³-hybridized carbons (Fsp3) is 0.111. The fourth-order valence-corrected chi connectivity index (χ4v) is 3.32. The molecule has 0 aliphatic heterocycles. The molecule has 0 bridgehead atoms. The number of ketones is 1. The maximum absolute atomic E-state index is 13.2. The number of anilines is 3. The van der Waals surface area contributed by atoms with Gasteiger partial charge in [0.1, 0.15) is 16.5 Å². The average Bonchev–Trinajstić information content (AvgIpc) is 2.98. The number of hydrogen-bond donors (Lipinski definition) is 2. The Balaban J connectivity index is 1.83. The molecule has 7 heteroatoms. The van der Waals surface area contributed by atoms with Gasteiger partial charge in [-0.15, -0.1) is 0 Å². The predicted molar refractivity (Wildman–Crippen MR) is 100 cm³/mol. The lowest BCUT2D eigenvalue weighted by Gasteiger charge is -2.03. The normalized spacial score (nSPS) is 10.7. The summed E-state index contributed by atoms with van der Waals surface area (Å²) in [5, 5.41) is 3.42. The molecule has 0 spiro atoms. The molecule has 1 heterocycles. The zero-order valence-corrected chi connectivity index (χ0v) is 14.9. The lowest BCUT2D eigenvalue weighted by Crippen LogP contribution is -2.02. The van der Waals surface area contributed by atoms with E-state index < -0.39 is 5.82 Å². The van der Waals surface area contributed by atoms with Crippen molar-refractivity contribution in [1.82, 2.24) is 4.98 Å². The molecular formula is C18H15ClFN3OS. The first kappa shape index (κ1) is 17.4. The number of nitrogens with one attached hydrogen (secondary N) is 1. The van der Waals surface area contributed by atoms with Crippen molar-refractivity contribution in [2.24, 2.45) is 0 Å². The number of rotatable bonds is 5. The summed E-state index contributed by atoms with van der Waals surface area (Å²) in [5.74, 6) is -0.523. The van der Waals surface area contributed by atoms with E-state index in [4.69, 9.17) is 17.3 Å². The van der Waals surface area contributed by atoms with Gasteiger partial charge < -0.3 is 11.1 Å². The summed E-state index contributed by atoms with van der Waals surface area (Å²) in [7, 11) is 0. The van der Waals surface area contributed by atoms with Gasteiger partial charge in [-0.2, -0.15) is 0 Å². The molecule has 2 aromatic carbocycles. The van der Waals surface area contributed by atoms with Crippen LogP contribution in [0.5, 0.6) is 0 Å². The molecule has 0 amide bonds. The van der Waals surface area contributed by atoms with Crippen molar-refractivity contribution in [3.8, 4) is 0 Å². The average molecular weight is 376 g/mol. The second-order valence-electron chi connectivity index (χ2n) is 5.37. The van der Waals surface area contributed by atoms with Gasteiger partial charge in [0, 0.05) is 11.3 Å². The van der Waals surface area contributed by atoms with Gasteiger partial charge in [-0.1, -0.05) is 54.1 Å². The van der Waals surface area contributed by atoms with Gasteiger partial charge >= 0.3 is 0 Å². The number of nitrogens with zero attached hydrogens (tertiary/aromatic N) is 1. The van der Waals surface area contributed by atoms with Gasteiger partial charge in [0.15, 0.2) is 5.13 Å². The minimum absolute atomic E-state index is 0.00171.